The van der Waals surface area contributed by atoms with E-state index in [2.05, 4.69) is 30.1 Å². The van der Waals surface area contributed by atoms with Crippen molar-refractivity contribution >= 4 is 42.9 Å². The molecule has 26 heavy (non-hydrogen) atoms. The normalized spacial score (nSPS) is 16.1. The van der Waals surface area contributed by atoms with Gasteiger partial charge in [0.2, 0.25) is 11.8 Å². The molecule has 0 saturated carbocycles. The molecule has 2 heterocycles. The van der Waals surface area contributed by atoms with Gasteiger partial charge in [-0.2, -0.15) is 26.6 Å². The maximum absolute atomic E-state index is 13.7. The molecule has 2 aromatic rings. The first kappa shape index (κ1) is 19.1. The summed E-state index contributed by atoms with van der Waals surface area (Å²) in [6.45, 7) is 1.13. The summed E-state index contributed by atoms with van der Waals surface area (Å²) in [5.74, 6) is -1.65. The van der Waals surface area contributed by atoms with Crippen LogP contribution in [0.15, 0.2) is 16.6 Å². The molecule has 3 rings (SSSR count). The predicted octanol–water partition coefficient (Wildman–Crippen LogP) is 3.75. The fraction of sp³-hybridized carbons (Fsp3) is 0.429. The molecule has 1 fully saturated rings. The molecule has 0 radical (unpaired) electrons. The number of anilines is 1. The Morgan fingerprint density at radius 2 is 1.77 bits per heavy atom. The lowest BCUT2D eigenvalue weighted by molar-refractivity contribution is -0.0500. The van der Waals surface area contributed by atoms with Crippen molar-refractivity contribution in [3.8, 4) is 5.88 Å². The topological polar surface area (TPSA) is 72.4 Å². The Morgan fingerprint density at radius 1 is 1.12 bits per heavy atom. The van der Waals surface area contributed by atoms with Gasteiger partial charge in [-0.15, -0.1) is 0 Å². The fourth-order valence-corrected chi connectivity index (χ4v) is 3.52. The average Bonchev–Trinajstić information content (AvgIpc) is 2.55. The van der Waals surface area contributed by atoms with Crippen LogP contribution in [0, 0.1) is 5.82 Å². The van der Waals surface area contributed by atoms with Crippen LogP contribution >= 0.6 is 15.9 Å². The van der Waals surface area contributed by atoms with Crippen LogP contribution in [0.2, 0.25) is 0 Å². The summed E-state index contributed by atoms with van der Waals surface area (Å²) in [5, 5.41) is -0.287. The zero-order valence-electron chi connectivity index (χ0n) is 13.1. The number of alkyl halides is 3. The van der Waals surface area contributed by atoms with Gasteiger partial charge in [0, 0.05) is 17.6 Å². The SMILES string of the molecule is O=S(=O)(Oc1nc(N2CCCCC2)nc2c(Br)cc(F)cc12)C(F)(F)F. The van der Waals surface area contributed by atoms with Crippen molar-refractivity contribution < 1.29 is 30.2 Å². The Balaban J connectivity index is 2.18. The van der Waals surface area contributed by atoms with E-state index in [9.17, 15) is 26.0 Å². The van der Waals surface area contributed by atoms with Crippen LogP contribution in [-0.4, -0.2) is 37.0 Å². The molecule has 0 atom stereocenters. The molecule has 1 aliphatic rings. The van der Waals surface area contributed by atoms with Crippen molar-refractivity contribution in [3.05, 3.63) is 22.4 Å². The summed E-state index contributed by atoms with van der Waals surface area (Å²) in [7, 11) is -5.96. The fourth-order valence-electron chi connectivity index (χ4n) is 2.57. The van der Waals surface area contributed by atoms with Crippen LogP contribution in [0.3, 0.4) is 0 Å². The van der Waals surface area contributed by atoms with E-state index in [1.54, 1.807) is 4.90 Å². The van der Waals surface area contributed by atoms with Crippen molar-refractivity contribution in [1.29, 1.82) is 0 Å². The molecular formula is C14H12BrF4N3O3S. The van der Waals surface area contributed by atoms with Crippen molar-refractivity contribution in [1.82, 2.24) is 9.97 Å². The van der Waals surface area contributed by atoms with E-state index in [1.807, 2.05) is 0 Å². The molecule has 12 heteroatoms. The van der Waals surface area contributed by atoms with Crippen molar-refractivity contribution in [2.45, 2.75) is 24.8 Å². The molecule has 142 valence electrons. The number of aromatic nitrogens is 2. The van der Waals surface area contributed by atoms with Crippen LogP contribution in [0.5, 0.6) is 5.88 Å². The largest absolute Gasteiger partial charge is 0.534 e. The van der Waals surface area contributed by atoms with E-state index in [0.29, 0.717) is 13.1 Å². The second kappa shape index (κ2) is 6.80. The average molecular weight is 458 g/mol. The maximum Gasteiger partial charge on any atom is 0.534 e. The minimum Gasteiger partial charge on any atom is -0.354 e. The molecule has 1 aromatic carbocycles. The highest BCUT2D eigenvalue weighted by molar-refractivity contribution is 9.10. The van der Waals surface area contributed by atoms with Crippen molar-refractivity contribution in [3.63, 3.8) is 0 Å². The lowest BCUT2D eigenvalue weighted by Gasteiger charge is -2.27. The van der Waals surface area contributed by atoms with Crippen LogP contribution in [0.25, 0.3) is 10.9 Å². The van der Waals surface area contributed by atoms with Crippen molar-refractivity contribution in [2.75, 3.05) is 18.0 Å². The molecule has 0 unspecified atom stereocenters. The lowest BCUT2D eigenvalue weighted by Crippen LogP contribution is -2.32. The third kappa shape index (κ3) is 3.70. The first-order valence-corrected chi connectivity index (χ1v) is 9.71. The number of halogens is 5. The number of benzene rings is 1. The molecule has 6 nitrogen and oxygen atoms in total. The number of rotatable bonds is 3. The predicted molar refractivity (Wildman–Crippen MR) is 88.9 cm³/mol. The molecule has 1 saturated heterocycles. The third-order valence-corrected chi connectivity index (χ3v) is 5.33. The standard InChI is InChI=1S/C14H12BrF4N3O3S/c15-10-7-8(16)6-9-11(10)20-13(22-4-2-1-3-5-22)21-12(9)25-26(23,24)14(17,18)19/h6-7H,1-5H2. The number of piperidine rings is 1. The second-order valence-corrected chi connectivity index (χ2v) is 8.04. The third-order valence-electron chi connectivity index (χ3n) is 3.78. The Hall–Kier alpha value is -1.69. The smallest absolute Gasteiger partial charge is 0.354 e. The van der Waals surface area contributed by atoms with Crippen LogP contribution in [-0.2, 0) is 10.1 Å². The zero-order valence-corrected chi connectivity index (χ0v) is 15.5. The Morgan fingerprint density at radius 3 is 2.38 bits per heavy atom. The van der Waals surface area contributed by atoms with Gasteiger partial charge in [0.1, 0.15) is 5.82 Å². The highest BCUT2D eigenvalue weighted by atomic mass is 79.9. The molecular weight excluding hydrogens is 446 g/mol. The second-order valence-electron chi connectivity index (χ2n) is 5.64. The maximum atomic E-state index is 13.7. The Labute approximate surface area is 154 Å². The highest BCUT2D eigenvalue weighted by Crippen LogP contribution is 2.35. The van der Waals surface area contributed by atoms with Gasteiger partial charge in [-0.25, -0.2) is 9.37 Å². The van der Waals surface area contributed by atoms with E-state index in [0.717, 1.165) is 31.4 Å². The first-order valence-electron chi connectivity index (χ1n) is 7.51. The minimum atomic E-state index is -5.96. The van der Waals surface area contributed by atoms with E-state index in [1.165, 1.54) is 0 Å². The monoisotopic (exact) mass is 457 g/mol. The number of fused-ring (bicyclic) bond motifs is 1. The van der Waals surface area contributed by atoms with Gasteiger partial charge < -0.3 is 9.08 Å². The summed E-state index contributed by atoms with van der Waals surface area (Å²) < 4.78 is 78.9. The number of hydrogen-bond acceptors (Lipinski definition) is 6. The summed E-state index contributed by atoms with van der Waals surface area (Å²) in [5.41, 5.74) is -5.59. The summed E-state index contributed by atoms with van der Waals surface area (Å²) in [6, 6.07) is 1.89. The molecule has 1 aromatic heterocycles. The molecule has 1 aliphatic heterocycles. The minimum absolute atomic E-state index is 0.0249. The van der Waals surface area contributed by atoms with Gasteiger partial charge in [0.05, 0.1) is 10.9 Å². The Kier molecular flexibility index (Phi) is 4.99. The molecule has 0 amide bonds. The van der Waals surface area contributed by atoms with Gasteiger partial charge in [-0.1, -0.05) is 0 Å². The quantitative estimate of drug-likeness (QED) is 0.397. The van der Waals surface area contributed by atoms with Crippen LogP contribution in [0.1, 0.15) is 19.3 Å². The Bertz CT molecular complexity index is 947. The summed E-state index contributed by atoms with van der Waals surface area (Å²) in [6.07, 6.45) is 2.66. The number of hydrogen-bond donors (Lipinski definition) is 0. The molecule has 0 aliphatic carbocycles. The van der Waals surface area contributed by atoms with Gasteiger partial charge in [0.15, 0.2) is 0 Å². The highest BCUT2D eigenvalue weighted by Gasteiger charge is 2.49. The molecule has 0 N–H and O–H groups in total. The first-order chi connectivity index (χ1) is 12.1. The van der Waals surface area contributed by atoms with E-state index in [4.69, 9.17) is 0 Å². The van der Waals surface area contributed by atoms with E-state index >= 15 is 0 Å². The summed E-state index contributed by atoms with van der Waals surface area (Å²) in [4.78, 5) is 9.78. The zero-order chi connectivity index (χ0) is 19.1. The van der Waals surface area contributed by atoms with Crippen molar-refractivity contribution in [2.24, 2.45) is 0 Å². The van der Waals surface area contributed by atoms with Gasteiger partial charge in [-0.05, 0) is 47.3 Å². The van der Waals surface area contributed by atoms with Gasteiger partial charge >= 0.3 is 15.6 Å². The van der Waals surface area contributed by atoms with Gasteiger partial charge in [-0.3, -0.25) is 0 Å². The molecule has 0 spiro atoms. The van der Waals surface area contributed by atoms with Crippen LogP contribution < -0.4 is 9.08 Å². The summed E-state index contributed by atoms with van der Waals surface area (Å²) >= 11 is 3.08. The van der Waals surface area contributed by atoms with Gasteiger partial charge in [0.25, 0.3) is 0 Å². The van der Waals surface area contributed by atoms with E-state index < -0.39 is 27.3 Å². The number of nitrogens with zero attached hydrogens (tertiary/aromatic N) is 3. The van der Waals surface area contributed by atoms with Crippen LogP contribution in [0.4, 0.5) is 23.5 Å². The van der Waals surface area contributed by atoms with E-state index in [-0.39, 0.29) is 21.3 Å². The molecule has 0 bridgehead atoms. The lowest BCUT2D eigenvalue weighted by atomic mass is 10.1.